The summed E-state index contributed by atoms with van der Waals surface area (Å²) in [5, 5.41) is 2.95. The van der Waals surface area contributed by atoms with E-state index in [2.05, 4.69) is 12.2 Å². The highest BCUT2D eigenvalue weighted by Crippen LogP contribution is 2.17. The summed E-state index contributed by atoms with van der Waals surface area (Å²) in [6, 6.07) is 3.76. The third kappa shape index (κ3) is 5.37. The van der Waals surface area contributed by atoms with Gasteiger partial charge in [0.25, 0.3) is 5.91 Å². The molecule has 1 amide bonds. The van der Waals surface area contributed by atoms with E-state index >= 15 is 0 Å². The van der Waals surface area contributed by atoms with Crippen molar-refractivity contribution in [3.63, 3.8) is 0 Å². The molecule has 1 unspecified atom stereocenters. The first kappa shape index (κ1) is 16.3. The van der Waals surface area contributed by atoms with Crippen molar-refractivity contribution in [2.24, 2.45) is 5.92 Å². The lowest BCUT2D eigenvalue weighted by Crippen LogP contribution is -2.29. The smallest absolute Gasteiger partial charge is 0.252 e. The zero-order chi connectivity index (χ0) is 14.3. The average Bonchev–Trinajstić information content (AvgIpc) is 2.36. The quantitative estimate of drug-likeness (QED) is 0.750. The van der Waals surface area contributed by atoms with Gasteiger partial charge in [0.2, 0.25) is 0 Å². The highest BCUT2D eigenvalue weighted by Gasteiger charge is 2.13. The molecule has 1 N–H and O–H groups in total. The van der Waals surface area contributed by atoms with Crippen molar-refractivity contribution in [2.75, 3.05) is 12.4 Å². The topological polar surface area (TPSA) is 29.1 Å². The molecule has 2 nitrogen and oxygen atoms in total. The summed E-state index contributed by atoms with van der Waals surface area (Å²) in [5.74, 6) is 0.219. The number of hydrogen-bond acceptors (Lipinski definition) is 1. The van der Waals surface area contributed by atoms with E-state index in [4.69, 9.17) is 23.2 Å². The molecule has 106 valence electrons. The summed E-state index contributed by atoms with van der Waals surface area (Å²) >= 11 is 11.6. The molecule has 0 aliphatic carbocycles. The maximum atomic E-state index is 12.9. The Balaban J connectivity index is 2.58. The van der Waals surface area contributed by atoms with Gasteiger partial charge in [-0.1, -0.05) is 24.9 Å². The number of rotatable bonds is 7. The predicted octanol–water partition coefficient (Wildman–Crippen LogP) is 4.25. The predicted molar refractivity (Wildman–Crippen MR) is 77.5 cm³/mol. The fourth-order valence-corrected chi connectivity index (χ4v) is 2.48. The van der Waals surface area contributed by atoms with Crippen LogP contribution in [0.25, 0.3) is 0 Å². The molecule has 0 fully saturated rings. The number of benzene rings is 1. The van der Waals surface area contributed by atoms with E-state index in [-0.39, 0.29) is 10.9 Å². The van der Waals surface area contributed by atoms with E-state index in [9.17, 15) is 9.18 Å². The van der Waals surface area contributed by atoms with Crippen LogP contribution in [0.15, 0.2) is 18.2 Å². The molecule has 0 spiro atoms. The molecule has 0 aliphatic rings. The number of carbonyl (C=O) groups is 1. The van der Waals surface area contributed by atoms with Gasteiger partial charge in [0.05, 0.1) is 10.6 Å². The van der Waals surface area contributed by atoms with Gasteiger partial charge < -0.3 is 5.32 Å². The van der Waals surface area contributed by atoms with E-state index in [0.29, 0.717) is 23.9 Å². The van der Waals surface area contributed by atoms with Crippen molar-refractivity contribution >= 4 is 29.1 Å². The van der Waals surface area contributed by atoms with Gasteiger partial charge in [-0.25, -0.2) is 4.39 Å². The summed E-state index contributed by atoms with van der Waals surface area (Å²) < 4.78 is 12.9. The highest BCUT2D eigenvalue weighted by atomic mass is 35.5. The Hall–Kier alpha value is -0.800. The van der Waals surface area contributed by atoms with Crippen LogP contribution < -0.4 is 5.32 Å². The zero-order valence-electron chi connectivity index (χ0n) is 10.9. The number of alkyl halides is 1. The lowest BCUT2D eigenvalue weighted by atomic mass is 10.0. The molecule has 0 radical (unpaired) electrons. The van der Waals surface area contributed by atoms with Crippen molar-refractivity contribution < 1.29 is 9.18 Å². The standard InChI is InChI=1S/C14H18Cl2FNO/c1-2-3-10(6-7-15)9-18-14(19)12-5-4-11(17)8-13(12)16/h4-5,8,10H,2-3,6-7,9H2,1H3,(H,18,19). The van der Waals surface area contributed by atoms with Gasteiger partial charge in [0.15, 0.2) is 0 Å². The minimum atomic E-state index is -0.451. The van der Waals surface area contributed by atoms with Crippen molar-refractivity contribution in [1.82, 2.24) is 5.32 Å². The molecule has 0 heterocycles. The first-order valence-electron chi connectivity index (χ1n) is 6.37. The molecule has 1 rings (SSSR count). The van der Waals surface area contributed by atoms with Gasteiger partial charge >= 0.3 is 0 Å². The minimum Gasteiger partial charge on any atom is -0.352 e. The van der Waals surface area contributed by atoms with Crippen molar-refractivity contribution in [3.05, 3.63) is 34.6 Å². The first-order valence-corrected chi connectivity index (χ1v) is 7.29. The average molecular weight is 306 g/mol. The monoisotopic (exact) mass is 305 g/mol. The Labute approximate surface area is 123 Å². The Morgan fingerprint density at radius 2 is 2.16 bits per heavy atom. The van der Waals surface area contributed by atoms with Crippen LogP contribution >= 0.6 is 23.2 Å². The third-order valence-electron chi connectivity index (χ3n) is 2.94. The maximum Gasteiger partial charge on any atom is 0.252 e. The normalized spacial score (nSPS) is 12.2. The SMILES string of the molecule is CCCC(CCCl)CNC(=O)c1ccc(F)cc1Cl. The van der Waals surface area contributed by atoms with E-state index < -0.39 is 5.82 Å². The maximum absolute atomic E-state index is 12.9. The van der Waals surface area contributed by atoms with Crippen LogP contribution in [0.4, 0.5) is 4.39 Å². The number of nitrogens with one attached hydrogen (secondary N) is 1. The minimum absolute atomic E-state index is 0.127. The Bertz CT molecular complexity index is 420. The molecule has 0 aliphatic heterocycles. The fourth-order valence-electron chi connectivity index (χ4n) is 1.92. The first-order chi connectivity index (χ1) is 9.08. The second-order valence-electron chi connectivity index (χ2n) is 4.47. The molecular weight excluding hydrogens is 288 g/mol. The van der Waals surface area contributed by atoms with Gasteiger partial charge in [-0.15, -0.1) is 11.6 Å². The molecule has 0 aromatic heterocycles. The van der Waals surface area contributed by atoms with Crippen LogP contribution in [0, 0.1) is 11.7 Å². The van der Waals surface area contributed by atoms with Gasteiger partial charge in [-0.3, -0.25) is 4.79 Å². The third-order valence-corrected chi connectivity index (χ3v) is 3.47. The summed E-state index contributed by atoms with van der Waals surface area (Å²) in [5.41, 5.74) is 0.296. The van der Waals surface area contributed by atoms with Crippen molar-refractivity contribution in [3.8, 4) is 0 Å². The van der Waals surface area contributed by atoms with Crippen LogP contribution in [-0.4, -0.2) is 18.3 Å². The summed E-state index contributed by atoms with van der Waals surface area (Å²) in [6.07, 6.45) is 2.94. The van der Waals surface area contributed by atoms with E-state index in [0.717, 1.165) is 25.3 Å². The van der Waals surface area contributed by atoms with E-state index in [1.165, 1.54) is 12.1 Å². The lowest BCUT2D eigenvalue weighted by Gasteiger charge is -2.15. The molecule has 0 saturated heterocycles. The van der Waals surface area contributed by atoms with Gasteiger partial charge in [-0.2, -0.15) is 0 Å². The van der Waals surface area contributed by atoms with Crippen molar-refractivity contribution in [1.29, 1.82) is 0 Å². The van der Waals surface area contributed by atoms with Gasteiger partial charge in [0, 0.05) is 12.4 Å². The molecule has 19 heavy (non-hydrogen) atoms. The number of carbonyl (C=O) groups excluding carboxylic acids is 1. The number of hydrogen-bond donors (Lipinski definition) is 1. The second kappa shape index (κ2) is 8.39. The van der Waals surface area contributed by atoms with E-state index in [1.54, 1.807) is 0 Å². The molecule has 0 saturated carbocycles. The Morgan fingerprint density at radius 1 is 1.42 bits per heavy atom. The van der Waals surface area contributed by atoms with Gasteiger partial charge in [-0.05, 0) is 37.0 Å². The molecular formula is C14H18Cl2FNO. The van der Waals surface area contributed by atoms with Crippen molar-refractivity contribution in [2.45, 2.75) is 26.2 Å². The zero-order valence-corrected chi connectivity index (χ0v) is 12.4. The molecule has 1 aromatic carbocycles. The highest BCUT2D eigenvalue weighted by molar-refractivity contribution is 6.33. The largest absolute Gasteiger partial charge is 0.352 e. The fraction of sp³-hybridized carbons (Fsp3) is 0.500. The summed E-state index contributed by atoms with van der Waals surface area (Å²) in [6.45, 7) is 2.66. The van der Waals surface area contributed by atoms with Crippen LogP contribution in [-0.2, 0) is 0 Å². The van der Waals surface area contributed by atoms with Crippen LogP contribution in [0.1, 0.15) is 36.5 Å². The lowest BCUT2D eigenvalue weighted by molar-refractivity contribution is 0.0946. The molecule has 5 heteroatoms. The number of halogens is 3. The van der Waals surface area contributed by atoms with Crippen LogP contribution in [0.2, 0.25) is 5.02 Å². The Morgan fingerprint density at radius 3 is 2.74 bits per heavy atom. The Kier molecular flexibility index (Phi) is 7.17. The summed E-state index contributed by atoms with van der Waals surface area (Å²) in [7, 11) is 0. The van der Waals surface area contributed by atoms with Crippen LogP contribution in [0.5, 0.6) is 0 Å². The molecule has 0 bridgehead atoms. The molecule has 1 aromatic rings. The number of amides is 1. The second-order valence-corrected chi connectivity index (χ2v) is 5.25. The summed E-state index contributed by atoms with van der Waals surface area (Å²) in [4.78, 5) is 11.9. The van der Waals surface area contributed by atoms with Crippen LogP contribution in [0.3, 0.4) is 0 Å². The molecule has 1 atom stereocenters. The van der Waals surface area contributed by atoms with Gasteiger partial charge in [0.1, 0.15) is 5.82 Å². The van der Waals surface area contributed by atoms with E-state index in [1.807, 2.05) is 0 Å².